The number of hydrogen-bond donors (Lipinski definition) is 1. The number of nitrogens with one attached hydrogen (secondary N) is 1. The molecule has 0 aliphatic rings. The molecule has 1 atom stereocenters. The molecule has 0 bridgehead atoms. The van der Waals surface area contributed by atoms with Crippen LogP contribution in [-0.4, -0.2) is 57.1 Å². The van der Waals surface area contributed by atoms with E-state index >= 15 is 0 Å². The second-order valence-corrected chi connectivity index (χ2v) is 10.5. The topological polar surface area (TPSA) is 96.0 Å². The Morgan fingerprint density at radius 1 is 1.09 bits per heavy atom. The Balaban J connectivity index is 2.45. The number of aryl methyl sites for hydroxylation is 1. The van der Waals surface area contributed by atoms with E-state index in [0.717, 1.165) is 21.7 Å². The van der Waals surface area contributed by atoms with Crippen molar-refractivity contribution < 1.29 is 22.7 Å². The van der Waals surface area contributed by atoms with Gasteiger partial charge < -0.3 is 15.0 Å². The molecule has 0 aliphatic carbocycles. The Hall–Kier alpha value is -3.07. The van der Waals surface area contributed by atoms with E-state index in [1.165, 1.54) is 12.0 Å². The van der Waals surface area contributed by atoms with E-state index in [-0.39, 0.29) is 18.5 Å². The third-order valence-corrected chi connectivity index (χ3v) is 6.41. The van der Waals surface area contributed by atoms with Crippen molar-refractivity contribution >= 4 is 27.5 Å². The van der Waals surface area contributed by atoms with Crippen LogP contribution in [0.5, 0.6) is 5.75 Å². The van der Waals surface area contributed by atoms with E-state index in [4.69, 9.17) is 4.74 Å². The first-order valence-electron chi connectivity index (χ1n) is 11.2. The van der Waals surface area contributed by atoms with Gasteiger partial charge in [-0.25, -0.2) is 8.42 Å². The molecule has 0 aromatic heterocycles. The van der Waals surface area contributed by atoms with Crippen molar-refractivity contribution in [1.82, 2.24) is 10.2 Å². The van der Waals surface area contributed by atoms with Crippen LogP contribution in [0, 0.1) is 6.92 Å². The summed E-state index contributed by atoms with van der Waals surface area (Å²) in [6.07, 6.45) is 1.43. The molecular formula is C25H35N3O5S. The number of carbonyl (C=O) groups is 2. The Morgan fingerprint density at radius 3 is 2.32 bits per heavy atom. The Morgan fingerprint density at radius 2 is 1.76 bits per heavy atom. The maximum atomic E-state index is 13.6. The molecule has 2 aromatic carbocycles. The molecule has 2 amide bonds. The first-order chi connectivity index (χ1) is 16.0. The second kappa shape index (κ2) is 11.9. The number of benzene rings is 2. The fourth-order valence-corrected chi connectivity index (χ4v) is 4.53. The number of nitrogens with zero attached hydrogens (tertiary/aromatic N) is 2. The van der Waals surface area contributed by atoms with Crippen LogP contribution >= 0.6 is 0 Å². The molecule has 0 saturated heterocycles. The van der Waals surface area contributed by atoms with Gasteiger partial charge in [-0.2, -0.15) is 0 Å². The van der Waals surface area contributed by atoms with Crippen molar-refractivity contribution in [2.75, 3.05) is 24.2 Å². The van der Waals surface area contributed by atoms with Crippen LogP contribution in [0.25, 0.3) is 0 Å². The van der Waals surface area contributed by atoms with Gasteiger partial charge in [-0.05, 0) is 44.9 Å². The number of carbonyl (C=O) groups excluding carboxylic acids is 2. The SMILES string of the molecule is CC[C@H](C(=O)NC(C)C)N(Cc1cccc(C)c1)C(=O)CN(c1cccc(OC)c1)S(C)(=O)=O. The fourth-order valence-electron chi connectivity index (χ4n) is 3.69. The van der Waals surface area contributed by atoms with E-state index in [0.29, 0.717) is 17.9 Å². The smallest absolute Gasteiger partial charge is 0.244 e. The van der Waals surface area contributed by atoms with Crippen LogP contribution in [0.15, 0.2) is 48.5 Å². The van der Waals surface area contributed by atoms with Gasteiger partial charge in [-0.15, -0.1) is 0 Å². The first kappa shape index (κ1) is 27.2. The molecule has 0 unspecified atom stereocenters. The monoisotopic (exact) mass is 489 g/mol. The molecular weight excluding hydrogens is 454 g/mol. The summed E-state index contributed by atoms with van der Waals surface area (Å²) in [5, 5.41) is 2.88. The van der Waals surface area contributed by atoms with E-state index in [1.807, 2.05) is 52.0 Å². The fraction of sp³-hybridized carbons (Fsp3) is 0.440. The van der Waals surface area contributed by atoms with Crippen molar-refractivity contribution in [1.29, 1.82) is 0 Å². The molecule has 1 N–H and O–H groups in total. The molecule has 186 valence electrons. The molecule has 2 rings (SSSR count). The number of hydrogen-bond acceptors (Lipinski definition) is 5. The highest BCUT2D eigenvalue weighted by Crippen LogP contribution is 2.24. The quantitative estimate of drug-likeness (QED) is 0.523. The molecule has 8 nitrogen and oxygen atoms in total. The molecule has 0 aliphatic heterocycles. The first-order valence-corrected chi connectivity index (χ1v) is 13.1. The van der Waals surface area contributed by atoms with Crippen LogP contribution in [0.3, 0.4) is 0 Å². The molecule has 9 heteroatoms. The van der Waals surface area contributed by atoms with Crippen molar-refractivity contribution in [3.63, 3.8) is 0 Å². The predicted octanol–water partition coefficient (Wildman–Crippen LogP) is 3.10. The summed E-state index contributed by atoms with van der Waals surface area (Å²) < 4.78 is 31.5. The lowest BCUT2D eigenvalue weighted by molar-refractivity contribution is -0.140. The Bertz CT molecular complexity index is 1100. The lowest BCUT2D eigenvalue weighted by Gasteiger charge is -2.33. The van der Waals surface area contributed by atoms with E-state index in [1.54, 1.807) is 24.3 Å². The van der Waals surface area contributed by atoms with Gasteiger partial charge in [0.2, 0.25) is 21.8 Å². The molecule has 0 heterocycles. The third-order valence-electron chi connectivity index (χ3n) is 5.27. The van der Waals surface area contributed by atoms with Crippen molar-refractivity contribution in [2.24, 2.45) is 0 Å². The number of rotatable bonds is 11. The predicted molar refractivity (Wildman–Crippen MR) is 134 cm³/mol. The highest BCUT2D eigenvalue weighted by Gasteiger charge is 2.32. The van der Waals surface area contributed by atoms with Crippen LogP contribution in [0.4, 0.5) is 5.69 Å². The summed E-state index contributed by atoms with van der Waals surface area (Å²) in [4.78, 5) is 28.1. The minimum atomic E-state index is -3.79. The summed E-state index contributed by atoms with van der Waals surface area (Å²) in [6, 6.07) is 13.3. The van der Waals surface area contributed by atoms with Crippen LogP contribution in [0.1, 0.15) is 38.3 Å². The highest BCUT2D eigenvalue weighted by molar-refractivity contribution is 7.92. The average molecular weight is 490 g/mol. The number of methoxy groups -OCH3 is 1. The maximum Gasteiger partial charge on any atom is 0.244 e. The van der Waals surface area contributed by atoms with E-state index < -0.39 is 28.5 Å². The van der Waals surface area contributed by atoms with Crippen molar-refractivity contribution in [2.45, 2.75) is 52.7 Å². The summed E-state index contributed by atoms with van der Waals surface area (Å²) in [6.45, 7) is 7.23. The minimum absolute atomic E-state index is 0.0956. The molecule has 0 fully saturated rings. The zero-order valence-corrected chi connectivity index (χ0v) is 21.6. The van der Waals surface area contributed by atoms with Crippen molar-refractivity contribution in [3.8, 4) is 5.75 Å². The highest BCUT2D eigenvalue weighted by atomic mass is 32.2. The largest absolute Gasteiger partial charge is 0.497 e. The lowest BCUT2D eigenvalue weighted by atomic mass is 10.1. The Kier molecular flexibility index (Phi) is 9.49. The third kappa shape index (κ3) is 7.48. The summed E-state index contributed by atoms with van der Waals surface area (Å²) in [7, 11) is -2.31. The van der Waals surface area contributed by atoms with Crippen LogP contribution in [-0.2, 0) is 26.2 Å². The van der Waals surface area contributed by atoms with Crippen LogP contribution < -0.4 is 14.4 Å². The van der Waals surface area contributed by atoms with E-state index in [2.05, 4.69) is 5.32 Å². The van der Waals surface area contributed by atoms with Gasteiger partial charge in [0, 0.05) is 18.7 Å². The second-order valence-electron chi connectivity index (χ2n) is 8.57. The summed E-state index contributed by atoms with van der Waals surface area (Å²) >= 11 is 0. The molecule has 34 heavy (non-hydrogen) atoms. The lowest BCUT2D eigenvalue weighted by Crippen LogP contribution is -2.53. The normalized spacial score (nSPS) is 12.2. The average Bonchev–Trinajstić information content (AvgIpc) is 2.76. The Labute approximate surface area is 202 Å². The zero-order chi connectivity index (χ0) is 25.5. The number of anilines is 1. The minimum Gasteiger partial charge on any atom is -0.497 e. The molecule has 0 radical (unpaired) electrons. The number of sulfonamides is 1. The zero-order valence-electron chi connectivity index (χ0n) is 20.7. The van der Waals surface area contributed by atoms with Gasteiger partial charge in [0.15, 0.2) is 0 Å². The number of ether oxygens (including phenoxy) is 1. The van der Waals surface area contributed by atoms with Crippen LogP contribution in [0.2, 0.25) is 0 Å². The standard InChI is InChI=1S/C25H35N3O5S/c1-7-23(25(30)26-18(2)3)27(16-20-11-8-10-19(4)14-20)24(29)17-28(34(6,31)32)21-12-9-13-22(15-21)33-5/h8-15,18,23H,7,16-17H2,1-6H3,(H,26,30)/t23-/m1/s1. The number of amides is 2. The summed E-state index contributed by atoms with van der Waals surface area (Å²) in [5.74, 6) is -0.274. The van der Waals surface area contributed by atoms with Crippen molar-refractivity contribution in [3.05, 3.63) is 59.7 Å². The van der Waals surface area contributed by atoms with Gasteiger partial charge >= 0.3 is 0 Å². The van der Waals surface area contributed by atoms with Gasteiger partial charge in [-0.1, -0.05) is 42.8 Å². The summed E-state index contributed by atoms with van der Waals surface area (Å²) in [5.41, 5.74) is 2.19. The van der Waals surface area contributed by atoms with Gasteiger partial charge in [-0.3, -0.25) is 13.9 Å². The van der Waals surface area contributed by atoms with Gasteiger partial charge in [0.1, 0.15) is 18.3 Å². The molecule has 0 saturated carbocycles. The molecule has 0 spiro atoms. The van der Waals surface area contributed by atoms with Gasteiger partial charge in [0.05, 0.1) is 19.1 Å². The molecule has 2 aromatic rings. The van der Waals surface area contributed by atoms with E-state index in [9.17, 15) is 18.0 Å². The van der Waals surface area contributed by atoms with Gasteiger partial charge in [0.25, 0.3) is 0 Å². The maximum absolute atomic E-state index is 13.6.